The summed E-state index contributed by atoms with van der Waals surface area (Å²) < 4.78 is 0. The van der Waals surface area contributed by atoms with Crippen LogP contribution in [0.5, 0.6) is 0 Å². The molecule has 4 nitrogen and oxygen atoms in total. The van der Waals surface area contributed by atoms with Gasteiger partial charge in [0.2, 0.25) is 0 Å². The normalized spacial score (nSPS) is 19.6. The van der Waals surface area contributed by atoms with Gasteiger partial charge in [0.15, 0.2) is 5.65 Å². The largest absolute Gasteiger partial charge is 0.339 e. The summed E-state index contributed by atoms with van der Waals surface area (Å²) in [5.74, 6) is 0.911. The van der Waals surface area contributed by atoms with E-state index in [2.05, 4.69) is 21.9 Å². The number of aromatic amines is 1. The lowest BCUT2D eigenvalue weighted by molar-refractivity contribution is 0.289. The molecule has 1 aliphatic rings. The van der Waals surface area contributed by atoms with Crippen molar-refractivity contribution >= 4 is 11.2 Å². The molecule has 0 bridgehead atoms. The van der Waals surface area contributed by atoms with Crippen molar-refractivity contribution in [2.45, 2.75) is 44.6 Å². The maximum Gasteiger partial charge on any atom is 0.178 e. The fraction of sp³-hybridized carbons (Fsp3) is 0.538. The number of nitrogens with two attached hydrogens (primary N) is 1. The second-order valence-electron chi connectivity index (χ2n) is 5.13. The number of hydrogen-bond donors (Lipinski definition) is 2. The highest BCUT2D eigenvalue weighted by atomic mass is 15.0. The topological polar surface area (TPSA) is 67.6 Å². The molecule has 0 radical (unpaired) electrons. The predicted octanol–water partition coefficient (Wildman–Crippen LogP) is 2.38. The van der Waals surface area contributed by atoms with E-state index in [-0.39, 0.29) is 5.54 Å². The Kier molecular flexibility index (Phi) is 2.40. The van der Waals surface area contributed by atoms with E-state index in [9.17, 15) is 0 Å². The zero-order valence-electron chi connectivity index (χ0n) is 10.2. The van der Waals surface area contributed by atoms with Gasteiger partial charge in [0, 0.05) is 6.20 Å². The van der Waals surface area contributed by atoms with E-state index in [1.54, 1.807) is 6.20 Å². The molecule has 0 aliphatic heterocycles. The van der Waals surface area contributed by atoms with Crippen LogP contribution in [0.4, 0.5) is 0 Å². The van der Waals surface area contributed by atoms with Crippen molar-refractivity contribution in [2.24, 2.45) is 5.73 Å². The number of hydrogen-bond acceptors (Lipinski definition) is 3. The molecular weight excluding hydrogens is 212 g/mol. The monoisotopic (exact) mass is 230 g/mol. The molecule has 3 N–H and O–H groups in total. The average molecular weight is 230 g/mol. The molecule has 0 unspecified atom stereocenters. The second kappa shape index (κ2) is 3.81. The van der Waals surface area contributed by atoms with Crippen LogP contribution in [0.1, 0.15) is 43.5 Å². The molecule has 1 aliphatic carbocycles. The van der Waals surface area contributed by atoms with Crippen molar-refractivity contribution in [3.8, 4) is 0 Å². The molecule has 1 fully saturated rings. The maximum atomic E-state index is 6.47. The summed E-state index contributed by atoms with van der Waals surface area (Å²) in [5.41, 5.74) is 9.19. The lowest BCUT2D eigenvalue weighted by Crippen LogP contribution is -2.39. The Morgan fingerprint density at radius 1 is 1.29 bits per heavy atom. The molecule has 1 saturated carbocycles. The molecule has 2 aromatic heterocycles. The molecule has 0 spiro atoms. The quantitative estimate of drug-likeness (QED) is 0.790. The molecule has 0 atom stereocenters. The number of H-pyrrole nitrogens is 1. The molecule has 90 valence electrons. The molecule has 17 heavy (non-hydrogen) atoms. The minimum absolute atomic E-state index is 0.272. The van der Waals surface area contributed by atoms with Gasteiger partial charge in [0.05, 0.1) is 11.1 Å². The Bertz CT molecular complexity index is 537. The van der Waals surface area contributed by atoms with Crippen LogP contribution < -0.4 is 5.73 Å². The van der Waals surface area contributed by atoms with Crippen molar-refractivity contribution in [1.82, 2.24) is 15.0 Å². The fourth-order valence-corrected chi connectivity index (χ4v) is 2.69. The summed E-state index contributed by atoms with van der Waals surface area (Å²) in [6.07, 6.45) is 7.51. The predicted molar refractivity (Wildman–Crippen MR) is 67.6 cm³/mol. The smallest absolute Gasteiger partial charge is 0.178 e. The fourth-order valence-electron chi connectivity index (χ4n) is 2.69. The van der Waals surface area contributed by atoms with Crippen LogP contribution in [0.2, 0.25) is 0 Å². The average Bonchev–Trinajstić information content (AvgIpc) is 2.76. The highest BCUT2D eigenvalue weighted by Gasteiger charge is 2.32. The number of aryl methyl sites for hydroxylation is 1. The Morgan fingerprint density at radius 2 is 2.06 bits per heavy atom. The van der Waals surface area contributed by atoms with Gasteiger partial charge in [-0.05, 0) is 31.4 Å². The summed E-state index contributed by atoms with van der Waals surface area (Å²) in [6, 6.07) is 1.99. The van der Waals surface area contributed by atoms with Gasteiger partial charge in [0.25, 0.3) is 0 Å². The van der Waals surface area contributed by atoms with Crippen molar-refractivity contribution in [2.75, 3.05) is 0 Å². The third-order valence-electron chi connectivity index (χ3n) is 3.82. The van der Waals surface area contributed by atoms with E-state index in [1.165, 1.54) is 24.8 Å². The number of nitrogens with zero attached hydrogens (tertiary/aromatic N) is 2. The Balaban J connectivity index is 2.08. The lowest BCUT2D eigenvalue weighted by atomic mass is 9.82. The SMILES string of the molecule is Cc1ccnc2nc(C3(N)CCCCC3)[nH]c12. The molecule has 2 aromatic rings. The van der Waals surface area contributed by atoms with Crippen molar-refractivity contribution in [3.63, 3.8) is 0 Å². The molecule has 0 aromatic carbocycles. The summed E-state index contributed by atoms with van der Waals surface area (Å²) in [7, 11) is 0. The Labute approximate surface area is 101 Å². The maximum absolute atomic E-state index is 6.47. The molecule has 2 heterocycles. The number of rotatable bonds is 1. The molecule has 4 heteroatoms. The van der Waals surface area contributed by atoms with E-state index in [0.29, 0.717) is 0 Å². The van der Waals surface area contributed by atoms with Crippen LogP contribution in [0, 0.1) is 6.92 Å². The van der Waals surface area contributed by atoms with E-state index in [4.69, 9.17) is 5.73 Å². The highest BCUT2D eigenvalue weighted by Crippen LogP contribution is 2.34. The minimum Gasteiger partial charge on any atom is -0.339 e. The van der Waals surface area contributed by atoms with Crippen molar-refractivity contribution in [3.05, 3.63) is 23.7 Å². The molecule has 0 saturated heterocycles. The Hall–Kier alpha value is -1.42. The van der Waals surface area contributed by atoms with Crippen LogP contribution in [0.15, 0.2) is 12.3 Å². The van der Waals surface area contributed by atoms with Crippen molar-refractivity contribution < 1.29 is 0 Å². The standard InChI is InChI=1S/C13H18N4/c1-9-5-8-15-11-10(9)16-12(17-11)13(14)6-3-2-4-7-13/h5,8H,2-4,6-7,14H2,1H3,(H,15,16,17). The van der Waals surface area contributed by atoms with Gasteiger partial charge < -0.3 is 10.7 Å². The Morgan fingerprint density at radius 3 is 2.76 bits per heavy atom. The number of aromatic nitrogens is 3. The molecule has 3 rings (SSSR count). The molecule has 0 amide bonds. The van der Waals surface area contributed by atoms with E-state index in [0.717, 1.165) is 29.8 Å². The van der Waals surface area contributed by atoms with E-state index in [1.807, 2.05) is 6.07 Å². The van der Waals surface area contributed by atoms with Crippen LogP contribution in [0.25, 0.3) is 11.2 Å². The van der Waals surface area contributed by atoms with Gasteiger partial charge in [-0.2, -0.15) is 0 Å². The molecular formula is C13H18N4. The zero-order chi connectivity index (χ0) is 11.9. The third-order valence-corrected chi connectivity index (χ3v) is 3.82. The van der Waals surface area contributed by atoms with Crippen LogP contribution in [-0.2, 0) is 5.54 Å². The van der Waals surface area contributed by atoms with Gasteiger partial charge in [0.1, 0.15) is 5.82 Å². The summed E-state index contributed by atoms with van der Waals surface area (Å²) in [5, 5.41) is 0. The first-order valence-corrected chi connectivity index (χ1v) is 6.30. The lowest BCUT2D eigenvalue weighted by Gasteiger charge is -2.31. The van der Waals surface area contributed by atoms with Gasteiger partial charge >= 0.3 is 0 Å². The first-order valence-electron chi connectivity index (χ1n) is 6.30. The van der Waals surface area contributed by atoms with E-state index >= 15 is 0 Å². The van der Waals surface area contributed by atoms with Gasteiger partial charge in [-0.1, -0.05) is 19.3 Å². The summed E-state index contributed by atoms with van der Waals surface area (Å²) in [4.78, 5) is 12.2. The number of imidazole rings is 1. The number of pyridine rings is 1. The number of fused-ring (bicyclic) bond motifs is 1. The second-order valence-corrected chi connectivity index (χ2v) is 5.13. The third kappa shape index (κ3) is 1.72. The first-order chi connectivity index (χ1) is 8.19. The highest BCUT2D eigenvalue weighted by molar-refractivity contribution is 5.74. The van der Waals surface area contributed by atoms with Crippen LogP contribution in [0.3, 0.4) is 0 Å². The summed E-state index contributed by atoms with van der Waals surface area (Å²) in [6.45, 7) is 2.07. The minimum atomic E-state index is -0.272. The summed E-state index contributed by atoms with van der Waals surface area (Å²) >= 11 is 0. The van der Waals surface area contributed by atoms with Crippen LogP contribution >= 0.6 is 0 Å². The first kappa shape index (κ1) is 10.7. The van der Waals surface area contributed by atoms with E-state index < -0.39 is 0 Å². The number of nitrogens with one attached hydrogen (secondary N) is 1. The van der Waals surface area contributed by atoms with Gasteiger partial charge in [-0.25, -0.2) is 9.97 Å². The van der Waals surface area contributed by atoms with Gasteiger partial charge in [-0.15, -0.1) is 0 Å². The van der Waals surface area contributed by atoms with Crippen LogP contribution in [-0.4, -0.2) is 15.0 Å². The van der Waals surface area contributed by atoms with Gasteiger partial charge in [-0.3, -0.25) is 0 Å². The van der Waals surface area contributed by atoms with Crippen molar-refractivity contribution in [1.29, 1.82) is 0 Å². The zero-order valence-corrected chi connectivity index (χ0v) is 10.2.